The van der Waals surface area contributed by atoms with Gasteiger partial charge < -0.3 is 18.9 Å². The first kappa shape index (κ1) is 34.2. The van der Waals surface area contributed by atoms with Crippen LogP contribution in [0.5, 0.6) is 11.5 Å². The van der Waals surface area contributed by atoms with Crippen molar-refractivity contribution in [2.75, 3.05) is 19.8 Å². The number of hydrogen-bond donors (Lipinski definition) is 0. The minimum Gasteiger partial charge on any atom is -0.490 e. The van der Waals surface area contributed by atoms with Crippen molar-refractivity contribution in [2.24, 2.45) is 4.99 Å². The van der Waals surface area contributed by atoms with Gasteiger partial charge in [0.25, 0.3) is 5.56 Å². The molecule has 1 aliphatic heterocycles. The summed E-state index contributed by atoms with van der Waals surface area (Å²) in [6.45, 7) is 8.18. The Kier molecular flexibility index (Phi) is 11.0. The first-order valence-corrected chi connectivity index (χ1v) is 16.9. The quantitative estimate of drug-likeness (QED) is 0.165. The second kappa shape index (κ2) is 15.1. The Morgan fingerprint density at radius 2 is 1.68 bits per heavy atom. The molecule has 1 atom stereocenters. The Bertz CT molecular complexity index is 2040. The molecule has 0 N–H and O–H groups in total. The Morgan fingerprint density at radius 1 is 0.979 bits per heavy atom. The minimum atomic E-state index is -0.811. The van der Waals surface area contributed by atoms with Crippen molar-refractivity contribution < 1.29 is 28.5 Å². The second-order valence-electron chi connectivity index (χ2n) is 10.3. The van der Waals surface area contributed by atoms with E-state index in [1.165, 1.54) is 15.9 Å². The number of nitrogens with zero attached hydrogens (tertiary/aromatic N) is 2. The summed E-state index contributed by atoms with van der Waals surface area (Å²) in [5.41, 5.74) is 2.99. The zero-order chi connectivity index (χ0) is 33.7. The van der Waals surface area contributed by atoms with Crippen molar-refractivity contribution in [3.8, 4) is 11.5 Å². The molecular weight excluding hydrogens is 708 g/mol. The van der Waals surface area contributed by atoms with E-state index < -0.39 is 12.0 Å². The van der Waals surface area contributed by atoms with Gasteiger partial charge in [0.2, 0.25) is 0 Å². The molecule has 0 bridgehead atoms. The van der Waals surface area contributed by atoms with Gasteiger partial charge in [0, 0.05) is 5.02 Å². The Balaban J connectivity index is 1.52. The van der Waals surface area contributed by atoms with Crippen LogP contribution >= 0.6 is 38.9 Å². The summed E-state index contributed by atoms with van der Waals surface area (Å²) in [4.78, 5) is 44.2. The third kappa shape index (κ3) is 7.37. The van der Waals surface area contributed by atoms with Crippen molar-refractivity contribution in [1.82, 2.24) is 4.57 Å². The van der Waals surface area contributed by atoms with Gasteiger partial charge in [-0.1, -0.05) is 53.3 Å². The lowest BCUT2D eigenvalue weighted by atomic mass is 9.96. The van der Waals surface area contributed by atoms with Crippen LogP contribution in [0, 0.1) is 0 Å². The smallest absolute Gasteiger partial charge is 0.338 e. The highest BCUT2D eigenvalue weighted by atomic mass is 79.9. The molecule has 47 heavy (non-hydrogen) atoms. The van der Waals surface area contributed by atoms with Crippen molar-refractivity contribution in [3.05, 3.63) is 123 Å². The van der Waals surface area contributed by atoms with Crippen LogP contribution in [0.4, 0.5) is 0 Å². The lowest BCUT2D eigenvalue weighted by Gasteiger charge is -2.25. The molecule has 4 aromatic rings. The number of rotatable bonds is 11. The van der Waals surface area contributed by atoms with E-state index in [9.17, 15) is 14.4 Å². The highest BCUT2D eigenvalue weighted by molar-refractivity contribution is 9.10. The molecule has 0 amide bonds. The van der Waals surface area contributed by atoms with Crippen LogP contribution < -0.4 is 24.4 Å². The van der Waals surface area contributed by atoms with Gasteiger partial charge in [-0.15, -0.1) is 0 Å². The van der Waals surface area contributed by atoms with Gasteiger partial charge in [0.15, 0.2) is 16.3 Å². The van der Waals surface area contributed by atoms with E-state index >= 15 is 0 Å². The van der Waals surface area contributed by atoms with Gasteiger partial charge in [-0.05, 0) is 96.7 Å². The number of fused-ring (bicyclic) bond motifs is 1. The molecule has 1 aliphatic rings. The largest absolute Gasteiger partial charge is 0.490 e. The molecule has 0 fully saturated rings. The number of benzene rings is 3. The molecule has 1 aromatic heterocycles. The van der Waals surface area contributed by atoms with E-state index in [-0.39, 0.29) is 30.3 Å². The average molecular weight is 740 g/mol. The lowest BCUT2D eigenvalue weighted by Crippen LogP contribution is -2.40. The van der Waals surface area contributed by atoms with Crippen LogP contribution in [-0.2, 0) is 20.9 Å². The maximum absolute atomic E-state index is 14.0. The normalized spacial score (nSPS) is 14.3. The molecule has 0 aliphatic carbocycles. The average Bonchev–Trinajstić information content (AvgIpc) is 3.34. The lowest BCUT2D eigenvalue weighted by molar-refractivity contribution is -0.139. The number of carbonyl (C=O) groups excluding carboxylic acids is 2. The highest BCUT2D eigenvalue weighted by Crippen LogP contribution is 2.38. The highest BCUT2D eigenvalue weighted by Gasteiger charge is 2.34. The van der Waals surface area contributed by atoms with Gasteiger partial charge >= 0.3 is 11.9 Å². The van der Waals surface area contributed by atoms with E-state index in [1.807, 2.05) is 19.1 Å². The van der Waals surface area contributed by atoms with E-state index in [0.29, 0.717) is 65.9 Å². The monoisotopic (exact) mass is 738 g/mol. The molecule has 0 saturated carbocycles. The topological polar surface area (TPSA) is 105 Å². The van der Waals surface area contributed by atoms with E-state index in [0.717, 1.165) is 5.56 Å². The minimum absolute atomic E-state index is 0.174. The van der Waals surface area contributed by atoms with Gasteiger partial charge in [0.05, 0.1) is 45.7 Å². The summed E-state index contributed by atoms with van der Waals surface area (Å²) in [5, 5.41) is 0.416. The first-order chi connectivity index (χ1) is 22.7. The van der Waals surface area contributed by atoms with Gasteiger partial charge in [-0.25, -0.2) is 14.6 Å². The molecule has 0 radical (unpaired) electrons. The molecule has 2 heterocycles. The predicted molar refractivity (Wildman–Crippen MR) is 184 cm³/mol. The van der Waals surface area contributed by atoms with Gasteiger partial charge in [-0.2, -0.15) is 0 Å². The van der Waals surface area contributed by atoms with Crippen molar-refractivity contribution >= 4 is 56.9 Å². The Hall–Kier alpha value is -4.19. The third-order valence-corrected chi connectivity index (χ3v) is 9.11. The predicted octanol–water partition coefficient (Wildman–Crippen LogP) is 6.37. The fraction of sp³-hybridized carbons (Fsp3) is 0.257. The molecule has 3 aromatic carbocycles. The number of ether oxygens (including phenoxy) is 4. The SMILES string of the molecule is CCOC(=O)C1=C(C)N=c2s/c(=C\c3cc(Br)c(OCc4ccc(C(=O)OCC)cc4)c(OCC)c3)c(=O)n2[C@@H]1c1ccccc1Cl. The third-order valence-electron chi connectivity index (χ3n) is 7.19. The number of thiazole rings is 1. The Morgan fingerprint density at radius 3 is 2.36 bits per heavy atom. The van der Waals surface area contributed by atoms with Gasteiger partial charge in [0.1, 0.15) is 12.6 Å². The number of carbonyl (C=O) groups is 2. The van der Waals surface area contributed by atoms with Crippen LogP contribution in [-0.4, -0.2) is 36.3 Å². The maximum atomic E-state index is 14.0. The van der Waals surface area contributed by atoms with E-state index in [1.54, 1.807) is 75.4 Å². The molecular formula is C35H32BrClN2O7S. The number of esters is 2. The number of aromatic nitrogens is 1. The molecule has 0 saturated heterocycles. The molecule has 12 heteroatoms. The van der Waals surface area contributed by atoms with Crippen molar-refractivity contribution in [1.29, 1.82) is 0 Å². The zero-order valence-electron chi connectivity index (χ0n) is 26.2. The van der Waals surface area contributed by atoms with Crippen LogP contribution in [0.15, 0.2) is 86.2 Å². The summed E-state index contributed by atoms with van der Waals surface area (Å²) < 4.78 is 25.0. The van der Waals surface area contributed by atoms with E-state index in [4.69, 9.17) is 30.5 Å². The molecule has 9 nitrogen and oxygen atoms in total. The number of halogens is 2. The van der Waals surface area contributed by atoms with Crippen LogP contribution in [0.1, 0.15) is 60.8 Å². The summed E-state index contributed by atoms with van der Waals surface area (Å²) in [6.07, 6.45) is 1.75. The summed E-state index contributed by atoms with van der Waals surface area (Å²) >= 11 is 11.4. The van der Waals surface area contributed by atoms with Crippen LogP contribution in [0.2, 0.25) is 5.02 Å². The molecule has 244 valence electrons. The molecule has 0 spiro atoms. The summed E-state index contributed by atoms with van der Waals surface area (Å²) in [7, 11) is 0. The second-order valence-corrected chi connectivity index (χ2v) is 12.6. The number of hydrogen-bond acceptors (Lipinski definition) is 9. The van der Waals surface area contributed by atoms with E-state index in [2.05, 4.69) is 20.9 Å². The molecule has 5 rings (SSSR count). The number of allylic oxidation sites excluding steroid dienone is 1. The van der Waals surface area contributed by atoms with Gasteiger partial charge in [-0.3, -0.25) is 9.36 Å². The Labute approximate surface area is 288 Å². The fourth-order valence-electron chi connectivity index (χ4n) is 5.12. The summed E-state index contributed by atoms with van der Waals surface area (Å²) in [5.74, 6) is 0.0499. The van der Waals surface area contributed by atoms with Crippen molar-refractivity contribution in [3.63, 3.8) is 0 Å². The zero-order valence-corrected chi connectivity index (χ0v) is 29.3. The first-order valence-electron chi connectivity index (χ1n) is 15.0. The summed E-state index contributed by atoms with van der Waals surface area (Å²) in [6, 6.07) is 16.9. The van der Waals surface area contributed by atoms with Crippen LogP contribution in [0.3, 0.4) is 0 Å². The van der Waals surface area contributed by atoms with Crippen molar-refractivity contribution in [2.45, 2.75) is 40.3 Å². The van der Waals surface area contributed by atoms with Crippen LogP contribution in [0.25, 0.3) is 6.08 Å². The fourth-order valence-corrected chi connectivity index (χ4v) is 6.98. The molecule has 0 unspecified atom stereocenters. The standard InChI is InChI=1S/C35H32BrClN2O7S/c1-5-43-27-17-22(16-25(36)31(27)46-19-21-12-14-23(15-13-21)33(41)44-6-2)18-28-32(40)39-30(24-10-8-9-11-26(24)37)29(34(42)45-7-3)20(4)38-35(39)47-28/h8-18,30H,5-7,19H2,1-4H3/b28-18-/t30-/m1/s1. The maximum Gasteiger partial charge on any atom is 0.338 e.